The molecule has 0 unspecified atom stereocenters. The van der Waals surface area contributed by atoms with Crippen molar-refractivity contribution < 1.29 is 4.79 Å². The summed E-state index contributed by atoms with van der Waals surface area (Å²) in [5.74, 6) is -0.0553. The number of hydrogen-bond acceptors (Lipinski definition) is 4. The molecule has 5 nitrogen and oxygen atoms in total. The SMILES string of the molecule is Cn1nc(C(=O)NCCc2nccs2)c2c1CCCC2. The summed E-state index contributed by atoms with van der Waals surface area (Å²) in [6.07, 6.45) is 6.91. The quantitative estimate of drug-likeness (QED) is 0.933. The van der Waals surface area contributed by atoms with Crippen LogP contribution >= 0.6 is 11.3 Å². The van der Waals surface area contributed by atoms with Gasteiger partial charge in [0.15, 0.2) is 5.69 Å². The minimum atomic E-state index is -0.0553. The molecule has 20 heavy (non-hydrogen) atoms. The molecule has 6 heteroatoms. The van der Waals surface area contributed by atoms with Crippen LogP contribution in [0.4, 0.5) is 0 Å². The van der Waals surface area contributed by atoms with Crippen molar-refractivity contribution >= 4 is 17.2 Å². The van der Waals surface area contributed by atoms with Crippen molar-refractivity contribution in [1.82, 2.24) is 20.1 Å². The molecule has 106 valence electrons. The van der Waals surface area contributed by atoms with Crippen molar-refractivity contribution in [3.05, 3.63) is 33.5 Å². The van der Waals surface area contributed by atoms with Crippen LogP contribution in [-0.4, -0.2) is 27.2 Å². The van der Waals surface area contributed by atoms with Gasteiger partial charge in [-0.15, -0.1) is 11.3 Å². The lowest BCUT2D eigenvalue weighted by Gasteiger charge is -2.12. The third-order valence-electron chi connectivity index (χ3n) is 3.69. The molecule has 0 aromatic carbocycles. The highest BCUT2D eigenvalue weighted by Crippen LogP contribution is 2.23. The highest BCUT2D eigenvalue weighted by atomic mass is 32.1. The fourth-order valence-electron chi connectivity index (χ4n) is 2.70. The first-order chi connectivity index (χ1) is 9.75. The fourth-order valence-corrected chi connectivity index (χ4v) is 3.32. The first kappa shape index (κ1) is 13.3. The first-order valence-corrected chi connectivity index (χ1v) is 7.85. The summed E-state index contributed by atoms with van der Waals surface area (Å²) < 4.78 is 1.87. The van der Waals surface area contributed by atoms with E-state index in [0.29, 0.717) is 12.2 Å². The van der Waals surface area contributed by atoms with Crippen molar-refractivity contribution in [1.29, 1.82) is 0 Å². The summed E-state index contributed by atoms with van der Waals surface area (Å²) in [6, 6.07) is 0. The predicted octanol–water partition coefficient (Wildman–Crippen LogP) is 1.73. The number of amides is 1. The van der Waals surface area contributed by atoms with Gasteiger partial charge in [-0.3, -0.25) is 9.48 Å². The van der Waals surface area contributed by atoms with Crippen LogP contribution in [0, 0.1) is 0 Å². The fraction of sp³-hybridized carbons (Fsp3) is 0.500. The Hall–Kier alpha value is -1.69. The standard InChI is InChI=1S/C14H18N4OS/c1-18-11-5-3-2-4-10(11)13(17-18)14(19)16-7-6-12-15-8-9-20-12/h8-9H,2-7H2,1H3,(H,16,19). The maximum Gasteiger partial charge on any atom is 0.272 e. The number of carbonyl (C=O) groups is 1. The first-order valence-electron chi connectivity index (χ1n) is 6.97. The molecule has 0 atom stereocenters. The summed E-state index contributed by atoms with van der Waals surface area (Å²) in [6.45, 7) is 0.609. The van der Waals surface area contributed by atoms with E-state index < -0.39 is 0 Å². The molecule has 0 saturated carbocycles. The van der Waals surface area contributed by atoms with Crippen LogP contribution in [0.5, 0.6) is 0 Å². The van der Waals surface area contributed by atoms with Crippen molar-refractivity contribution in [2.45, 2.75) is 32.1 Å². The van der Waals surface area contributed by atoms with Gasteiger partial charge in [0, 0.05) is 42.8 Å². The number of nitrogens with zero attached hydrogens (tertiary/aromatic N) is 3. The van der Waals surface area contributed by atoms with Crippen molar-refractivity contribution in [2.75, 3.05) is 6.54 Å². The van der Waals surface area contributed by atoms with E-state index >= 15 is 0 Å². The van der Waals surface area contributed by atoms with Crippen LogP contribution in [0.25, 0.3) is 0 Å². The zero-order valence-corrected chi connectivity index (χ0v) is 12.4. The number of nitrogens with one attached hydrogen (secondary N) is 1. The predicted molar refractivity (Wildman–Crippen MR) is 78.0 cm³/mol. The van der Waals surface area contributed by atoms with Gasteiger partial charge in [0.1, 0.15) is 0 Å². The van der Waals surface area contributed by atoms with Gasteiger partial charge in [0.2, 0.25) is 0 Å². The molecule has 1 aliphatic carbocycles. The maximum atomic E-state index is 12.3. The molecular weight excluding hydrogens is 272 g/mol. The topological polar surface area (TPSA) is 59.8 Å². The average molecular weight is 290 g/mol. The number of aromatic nitrogens is 3. The minimum absolute atomic E-state index is 0.0553. The van der Waals surface area contributed by atoms with E-state index in [-0.39, 0.29) is 5.91 Å². The Labute approximate surface area is 122 Å². The lowest BCUT2D eigenvalue weighted by Crippen LogP contribution is -2.27. The molecule has 0 radical (unpaired) electrons. The third kappa shape index (κ3) is 2.60. The van der Waals surface area contributed by atoms with Crippen molar-refractivity contribution in [3.63, 3.8) is 0 Å². The second kappa shape index (κ2) is 5.75. The molecule has 2 aromatic rings. The molecule has 2 aromatic heterocycles. The summed E-state index contributed by atoms with van der Waals surface area (Å²) in [5.41, 5.74) is 2.98. The number of carbonyl (C=O) groups excluding carboxylic acids is 1. The van der Waals surface area contributed by atoms with Crippen LogP contribution in [0.2, 0.25) is 0 Å². The van der Waals surface area contributed by atoms with Gasteiger partial charge in [-0.05, 0) is 25.7 Å². The normalized spacial score (nSPS) is 14.1. The monoisotopic (exact) mass is 290 g/mol. The maximum absolute atomic E-state index is 12.3. The molecule has 0 aliphatic heterocycles. The summed E-state index contributed by atoms with van der Waals surface area (Å²) in [5, 5.41) is 10.4. The number of fused-ring (bicyclic) bond motifs is 1. The molecule has 0 spiro atoms. The molecule has 2 heterocycles. The van der Waals surface area contributed by atoms with Crippen LogP contribution in [-0.2, 0) is 26.3 Å². The van der Waals surface area contributed by atoms with Crippen LogP contribution in [0.1, 0.15) is 39.6 Å². The molecule has 0 bridgehead atoms. The van der Waals surface area contributed by atoms with E-state index in [2.05, 4.69) is 15.4 Å². The zero-order chi connectivity index (χ0) is 13.9. The van der Waals surface area contributed by atoms with Crippen LogP contribution < -0.4 is 5.32 Å². The van der Waals surface area contributed by atoms with Gasteiger partial charge in [-0.25, -0.2) is 4.98 Å². The molecule has 3 rings (SSSR count). The van der Waals surface area contributed by atoms with Gasteiger partial charge >= 0.3 is 0 Å². The Kier molecular flexibility index (Phi) is 3.82. The molecule has 1 N–H and O–H groups in total. The largest absolute Gasteiger partial charge is 0.350 e. The van der Waals surface area contributed by atoms with E-state index in [1.807, 2.05) is 17.1 Å². The van der Waals surface area contributed by atoms with E-state index in [1.54, 1.807) is 17.5 Å². The Morgan fingerprint density at radius 2 is 2.30 bits per heavy atom. The van der Waals surface area contributed by atoms with E-state index in [9.17, 15) is 4.79 Å². The third-order valence-corrected chi connectivity index (χ3v) is 4.53. The van der Waals surface area contributed by atoms with Gasteiger partial charge in [-0.1, -0.05) is 0 Å². The van der Waals surface area contributed by atoms with E-state index in [0.717, 1.165) is 36.3 Å². The second-order valence-electron chi connectivity index (χ2n) is 5.04. The lowest BCUT2D eigenvalue weighted by atomic mass is 9.95. The number of aryl methyl sites for hydroxylation is 1. The Bertz CT molecular complexity index is 603. The molecular formula is C14H18N4OS. The molecule has 0 saturated heterocycles. The summed E-state index contributed by atoms with van der Waals surface area (Å²) in [4.78, 5) is 16.5. The summed E-state index contributed by atoms with van der Waals surface area (Å²) >= 11 is 1.62. The molecule has 1 amide bonds. The number of hydrogen-bond donors (Lipinski definition) is 1. The molecule has 1 aliphatic rings. The number of thiazole rings is 1. The van der Waals surface area contributed by atoms with Gasteiger partial charge < -0.3 is 5.32 Å². The summed E-state index contributed by atoms with van der Waals surface area (Å²) in [7, 11) is 1.93. The minimum Gasteiger partial charge on any atom is -0.350 e. The molecule has 0 fully saturated rings. The van der Waals surface area contributed by atoms with E-state index in [1.165, 1.54) is 12.1 Å². The van der Waals surface area contributed by atoms with Gasteiger partial charge in [0.25, 0.3) is 5.91 Å². The van der Waals surface area contributed by atoms with Crippen LogP contribution in [0.15, 0.2) is 11.6 Å². The lowest BCUT2D eigenvalue weighted by molar-refractivity contribution is 0.0947. The van der Waals surface area contributed by atoms with Crippen molar-refractivity contribution in [2.24, 2.45) is 7.05 Å². The highest BCUT2D eigenvalue weighted by molar-refractivity contribution is 7.09. The average Bonchev–Trinajstić information content (AvgIpc) is 3.08. The second-order valence-corrected chi connectivity index (χ2v) is 6.02. The van der Waals surface area contributed by atoms with E-state index in [4.69, 9.17) is 0 Å². The Morgan fingerprint density at radius 3 is 3.10 bits per heavy atom. The van der Waals surface area contributed by atoms with Crippen molar-refractivity contribution in [3.8, 4) is 0 Å². The van der Waals surface area contributed by atoms with Crippen LogP contribution in [0.3, 0.4) is 0 Å². The van der Waals surface area contributed by atoms with Gasteiger partial charge in [0.05, 0.1) is 5.01 Å². The Morgan fingerprint density at radius 1 is 1.45 bits per heavy atom. The smallest absolute Gasteiger partial charge is 0.272 e. The Balaban J connectivity index is 1.65. The zero-order valence-electron chi connectivity index (χ0n) is 11.6. The highest BCUT2D eigenvalue weighted by Gasteiger charge is 2.23. The van der Waals surface area contributed by atoms with Gasteiger partial charge in [-0.2, -0.15) is 5.10 Å². The number of rotatable bonds is 4.